The maximum Gasteiger partial charge on any atom is 0.314 e. The third kappa shape index (κ3) is 11.5. The Labute approximate surface area is 105 Å². The molecule has 0 unspecified atom stereocenters. The van der Waals surface area contributed by atoms with Gasteiger partial charge in [0, 0.05) is 33.3 Å². The highest BCUT2D eigenvalue weighted by molar-refractivity contribution is 5.73. The van der Waals surface area contributed by atoms with Gasteiger partial charge in [-0.25, -0.2) is 4.79 Å². The molecule has 5 nitrogen and oxygen atoms in total. The highest BCUT2D eigenvalue weighted by Crippen LogP contribution is 1.90. The first-order chi connectivity index (χ1) is 8.20. The van der Waals surface area contributed by atoms with Gasteiger partial charge in [0.05, 0.1) is 6.61 Å². The van der Waals surface area contributed by atoms with Crippen LogP contribution in [0, 0.1) is 0 Å². The molecule has 0 aromatic carbocycles. The summed E-state index contributed by atoms with van der Waals surface area (Å²) in [6.07, 6.45) is 3.39. The lowest BCUT2D eigenvalue weighted by Crippen LogP contribution is -2.40. The third-order valence-corrected chi connectivity index (χ3v) is 2.52. The first kappa shape index (κ1) is 16.2. The number of amides is 2. The Morgan fingerprint density at radius 1 is 1.18 bits per heavy atom. The molecule has 2 N–H and O–H groups in total. The Bertz CT molecular complexity index is 189. The minimum absolute atomic E-state index is 0.0683. The molecule has 0 saturated heterocycles. The van der Waals surface area contributed by atoms with Gasteiger partial charge in [-0.15, -0.1) is 0 Å². The summed E-state index contributed by atoms with van der Waals surface area (Å²) in [5, 5.41) is 5.68. The van der Waals surface area contributed by atoms with Crippen LogP contribution in [0.3, 0.4) is 0 Å². The monoisotopic (exact) mass is 245 g/mol. The Morgan fingerprint density at radius 3 is 2.53 bits per heavy atom. The molecule has 5 heteroatoms. The molecule has 0 rings (SSSR count). The van der Waals surface area contributed by atoms with Crippen molar-refractivity contribution in [2.75, 3.05) is 46.9 Å². The molecule has 0 saturated carbocycles. The fourth-order valence-corrected chi connectivity index (χ4v) is 1.36. The van der Waals surface area contributed by atoms with Crippen LogP contribution in [0.25, 0.3) is 0 Å². The number of carbonyl (C=O) groups is 1. The van der Waals surface area contributed by atoms with E-state index in [-0.39, 0.29) is 6.03 Å². The Balaban J connectivity index is 3.31. The van der Waals surface area contributed by atoms with E-state index in [0.717, 1.165) is 32.7 Å². The molecule has 0 aliphatic rings. The SMILES string of the molecule is CCCCCNC(=O)NCCN(C)CCOC. The minimum atomic E-state index is -0.0683. The summed E-state index contributed by atoms with van der Waals surface area (Å²) in [4.78, 5) is 13.5. The number of carbonyl (C=O) groups excluding carboxylic acids is 1. The molecule has 0 heterocycles. The molecular formula is C12H27N3O2. The predicted octanol–water partition coefficient (Wildman–Crippen LogP) is 1.05. The van der Waals surface area contributed by atoms with E-state index in [1.54, 1.807) is 7.11 Å². The van der Waals surface area contributed by atoms with E-state index in [1.807, 2.05) is 7.05 Å². The van der Waals surface area contributed by atoms with Gasteiger partial charge in [-0.2, -0.15) is 0 Å². The number of hydrogen-bond acceptors (Lipinski definition) is 3. The van der Waals surface area contributed by atoms with E-state index in [1.165, 1.54) is 12.8 Å². The number of hydrogen-bond donors (Lipinski definition) is 2. The van der Waals surface area contributed by atoms with Crippen LogP contribution in [0.1, 0.15) is 26.2 Å². The molecule has 0 fully saturated rings. The fraction of sp³-hybridized carbons (Fsp3) is 0.917. The van der Waals surface area contributed by atoms with Crippen molar-refractivity contribution in [1.82, 2.24) is 15.5 Å². The van der Waals surface area contributed by atoms with Crippen LogP contribution < -0.4 is 10.6 Å². The van der Waals surface area contributed by atoms with Gasteiger partial charge in [0.1, 0.15) is 0 Å². The number of methoxy groups -OCH3 is 1. The number of urea groups is 1. The van der Waals surface area contributed by atoms with Crippen LogP contribution in [-0.2, 0) is 4.74 Å². The van der Waals surface area contributed by atoms with E-state index in [9.17, 15) is 4.79 Å². The first-order valence-corrected chi connectivity index (χ1v) is 6.39. The first-order valence-electron chi connectivity index (χ1n) is 6.39. The van der Waals surface area contributed by atoms with Crippen LogP contribution >= 0.6 is 0 Å². The number of nitrogens with one attached hydrogen (secondary N) is 2. The van der Waals surface area contributed by atoms with Gasteiger partial charge >= 0.3 is 6.03 Å². The quantitative estimate of drug-likeness (QED) is 0.566. The summed E-state index contributed by atoms with van der Waals surface area (Å²) < 4.78 is 4.97. The van der Waals surface area contributed by atoms with E-state index in [2.05, 4.69) is 22.5 Å². The third-order valence-electron chi connectivity index (χ3n) is 2.52. The molecule has 2 amide bonds. The van der Waals surface area contributed by atoms with Crippen LogP contribution in [-0.4, -0.2) is 57.9 Å². The van der Waals surface area contributed by atoms with Gasteiger partial charge in [0.25, 0.3) is 0 Å². The average molecular weight is 245 g/mol. The van der Waals surface area contributed by atoms with Crippen molar-refractivity contribution in [3.8, 4) is 0 Å². The molecule has 0 atom stereocenters. The molecular weight excluding hydrogens is 218 g/mol. The smallest absolute Gasteiger partial charge is 0.314 e. The summed E-state index contributed by atoms with van der Waals surface area (Å²) >= 11 is 0. The number of rotatable bonds is 10. The highest BCUT2D eigenvalue weighted by atomic mass is 16.5. The molecule has 0 aliphatic heterocycles. The molecule has 0 bridgehead atoms. The van der Waals surface area contributed by atoms with Crippen LogP contribution in [0.5, 0.6) is 0 Å². The molecule has 0 aromatic heterocycles. The van der Waals surface area contributed by atoms with E-state index in [4.69, 9.17) is 4.74 Å². The Hall–Kier alpha value is -0.810. The molecule has 102 valence electrons. The molecule has 0 spiro atoms. The highest BCUT2D eigenvalue weighted by Gasteiger charge is 2.00. The van der Waals surface area contributed by atoms with Crippen molar-refractivity contribution in [2.45, 2.75) is 26.2 Å². The maximum absolute atomic E-state index is 11.3. The van der Waals surface area contributed by atoms with Crippen molar-refractivity contribution >= 4 is 6.03 Å². The van der Waals surface area contributed by atoms with Crippen LogP contribution in [0.15, 0.2) is 0 Å². The molecule has 0 radical (unpaired) electrons. The van der Waals surface area contributed by atoms with E-state index < -0.39 is 0 Å². The zero-order valence-electron chi connectivity index (χ0n) is 11.4. The van der Waals surface area contributed by atoms with E-state index >= 15 is 0 Å². The van der Waals surface area contributed by atoms with Gasteiger partial charge in [-0.05, 0) is 13.5 Å². The lowest BCUT2D eigenvalue weighted by molar-refractivity contribution is 0.161. The summed E-state index contributed by atoms with van der Waals surface area (Å²) in [7, 11) is 3.70. The van der Waals surface area contributed by atoms with Crippen molar-refractivity contribution < 1.29 is 9.53 Å². The lowest BCUT2D eigenvalue weighted by atomic mass is 10.2. The number of likely N-dealkylation sites (N-methyl/N-ethyl adjacent to an activating group) is 1. The predicted molar refractivity (Wildman–Crippen MR) is 70.3 cm³/mol. The van der Waals surface area contributed by atoms with Crippen LogP contribution in [0.2, 0.25) is 0 Å². The lowest BCUT2D eigenvalue weighted by Gasteiger charge is -2.16. The summed E-state index contributed by atoms with van der Waals surface area (Å²) in [5.41, 5.74) is 0. The molecule has 0 aromatic rings. The molecule has 0 aliphatic carbocycles. The van der Waals surface area contributed by atoms with Gasteiger partial charge in [0.2, 0.25) is 0 Å². The van der Waals surface area contributed by atoms with Crippen molar-refractivity contribution in [3.63, 3.8) is 0 Å². The fourth-order valence-electron chi connectivity index (χ4n) is 1.36. The number of unbranched alkanes of at least 4 members (excludes halogenated alkanes) is 2. The largest absolute Gasteiger partial charge is 0.383 e. The maximum atomic E-state index is 11.3. The van der Waals surface area contributed by atoms with Gasteiger partial charge < -0.3 is 20.3 Å². The minimum Gasteiger partial charge on any atom is -0.383 e. The zero-order chi connectivity index (χ0) is 12.9. The second kappa shape index (κ2) is 11.7. The normalized spacial score (nSPS) is 10.6. The standard InChI is InChI=1S/C12H27N3O2/c1-4-5-6-7-13-12(16)14-8-9-15(2)10-11-17-3/h4-11H2,1-3H3,(H2,13,14,16). The van der Waals surface area contributed by atoms with Crippen molar-refractivity contribution in [2.24, 2.45) is 0 Å². The van der Waals surface area contributed by atoms with E-state index in [0.29, 0.717) is 6.54 Å². The van der Waals surface area contributed by atoms with Crippen LogP contribution in [0.4, 0.5) is 4.79 Å². The summed E-state index contributed by atoms with van der Waals surface area (Å²) in [6.45, 7) is 6.02. The Kier molecular flexibility index (Phi) is 11.1. The zero-order valence-corrected chi connectivity index (χ0v) is 11.4. The topological polar surface area (TPSA) is 53.6 Å². The summed E-state index contributed by atoms with van der Waals surface area (Å²) in [5.74, 6) is 0. The van der Waals surface area contributed by atoms with Crippen molar-refractivity contribution in [1.29, 1.82) is 0 Å². The summed E-state index contributed by atoms with van der Waals surface area (Å²) in [6, 6.07) is -0.0683. The average Bonchev–Trinajstić information content (AvgIpc) is 2.32. The second-order valence-corrected chi connectivity index (χ2v) is 4.19. The Morgan fingerprint density at radius 2 is 1.88 bits per heavy atom. The van der Waals surface area contributed by atoms with Crippen molar-refractivity contribution in [3.05, 3.63) is 0 Å². The van der Waals surface area contributed by atoms with Gasteiger partial charge in [-0.3, -0.25) is 0 Å². The van der Waals surface area contributed by atoms with Gasteiger partial charge in [0.15, 0.2) is 0 Å². The second-order valence-electron chi connectivity index (χ2n) is 4.19. The van der Waals surface area contributed by atoms with Gasteiger partial charge in [-0.1, -0.05) is 19.8 Å². The number of ether oxygens (including phenoxy) is 1. The molecule has 17 heavy (non-hydrogen) atoms. The number of nitrogens with zero attached hydrogens (tertiary/aromatic N) is 1.